The van der Waals surface area contributed by atoms with Crippen molar-refractivity contribution in [2.24, 2.45) is 0 Å². The maximum absolute atomic E-state index is 5.97. The van der Waals surface area contributed by atoms with Gasteiger partial charge in [0.2, 0.25) is 0 Å². The molecule has 0 aromatic carbocycles. The van der Waals surface area contributed by atoms with Gasteiger partial charge >= 0.3 is 120 Å². The van der Waals surface area contributed by atoms with E-state index < -0.39 is 3.99 Å². The fraction of sp³-hybridized carbons (Fsp3) is 1.00. The molecule has 0 N–H and O–H groups in total. The van der Waals surface area contributed by atoms with Gasteiger partial charge < -0.3 is 0 Å². The predicted octanol–water partition coefficient (Wildman–Crippen LogP) is 3.21. The third-order valence-electron chi connectivity index (χ3n) is 1.32. The second-order valence-electron chi connectivity index (χ2n) is 7.20. The van der Waals surface area contributed by atoms with Crippen molar-refractivity contribution in [2.75, 3.05) is 0 Å². The normalized spacial score (nSPS) is 15.2. The zero-order valence-electron chi connectivity index (χ0n) is 12.7. The summed E-state index contributed by atoms with van der Waals surface area (Å²) >= 11 is 1.06. The molecular formula is C13H27O3Sn. The maximum atomic E-state index is 5.97. The summed E-state index contributed by atoms with van der Waals surface area (Å²) in [4.78, 5) is 0. The fourth-order valence-corrected chi connectivity index (χ4v) is 3.89. The van der Waals surface area contributed by atoms with E-state index in [1.807, 2.05) is 62.3 Å². The van der Waals surface area contributed by atoms with Crippen LogP contribution in [0.1, 0.15) is 62.3 Å². The van der Waals surface area contributed by atoms with Crippen molar-refractivity contribution in [3.63, 3.8) is 0 Å². The summed E-state index contributed by atoms with van der Waals surface area (Å²) in [7, 11) is 0. The Hall–Kier alpha value is 0.679. The first-order chi connectivity index (χ1) is 7.12. The summed E-state index contributed by atoms with van der Waals surface area (Å²) in [6.45, 7) is 18.0. The minimum atomic E-state index is -0.957. The Bertz CT molecular complexity index is 202. The Kier molecular flexibility index (Phi) is 5.57. The van der Waals surface area contributed by atoms with Crippen molar-refractivity contribution in [2.45, 2.75) is 83.1 Å². The van der Waals surface area contributed by atoms with Crippen LogP contribution < -0.4 is 0 Å². The molecule has 0 bridgehead atoms. The SMILES string of the molecule is CC(C)(C)O[C]([Sn])(OC(C)(C)C)OC(C)(C)C. The quantitative estimate of drug-likeness (QED) is 0.578. The number of hydrogen-bond acceptors (Lipinski definition) is 3. The average molecular weight is 350 g/mol. The summed E-state index contributed by atoms with van der Waals surface area (Å²) in [5.74, 6) is 0. The summed E-state index contributed by atoms with van der Waals surface area (Å²) in [5.41, 5.74) is -0.917. The number of rotatable bonds is 3. The van der Waals surface area contributed by atoms with Crippen LogP contribution in [-0.4, -0.2) is 43.3 Å². The Balaban J connectivity index is 4.95. The van der Waals surface area contributed by atoms with Gasteiger partial charge in [0.25, 0.3) is 0 Å². The number of ether oxygens (including phenoxy) is 3. The van der Waals surface area contributed by atoms with Crippen LogP contribution in [0.4, 0.5) is 0 Å². The Morgan fingerprint density at radius 3 is 0.824 bits per heavy atom. The van der Waals surface area contributed by atoms with Gasteiger partial charge in [0.05, 0.1) is 0 Å². The van der Waals surface area contributed by atoms with Gasteiger partial charge in [-0.05, 0) is 0 Å². The standard InChI is InChI=1S/C13H27O3.Sn/c1-11(2,3)14-10(15-12(4,5)6)16-13(7,8)9;/h1-9H3;. The van der Waals surface area contributed by atoms with E-state index in [0.717, 1.165) is 22.5 Å². The molecule has 0 amide bonds. The molecule has 0 spiro atoms. The van der Waals surface area contributed by atoms with E-state index in [-0.39, 0.29) is 16.8 Å². The van der Waals surface area contributed by atoms with E-state index in [1.54, 1.807) is 0 Å². The van der Waals surface area contributed by atoms with Crippen LogP contribution in [0.5, 0.6) is 0 Å². The number of hydrogen-bond donors (Lipinski definition) is 0. The molecule has 0 aliphatic heterocycles. The Morgan fingerprint density at radius 2 is 0.706 bits per heavy atom. The van der Waals surface area contributed by atoms with E-state index in [0.29, 0.717) is 0 Å². The summed E-state index contributed by atoms with van der Waals surface area (Å²) < 4.78 is 17.0. The molecule has 0 unspecified atom stereocenters. The van der Waals surface area contributed by atoms with Gasteiger partial charge in [0.1, 0.15) is 0 Å². The molecular weight excluding hydrogens is 323 g/mol. The monoisotopic (exact) mass is 351 g/mol. The van der Waals surface area contributed by atoms with E-state index in [9.17, 15) is 0 Å². The van der Waals surface area contributed by atoms with Crippen LogP contribution in [0.25, 0.3) is 0 Å². The van der Waals surface area contributed by atoms with Crippen molar-refractivity contribution in [1.29, 1.82) is 0 Å². The molecule has 0 saturated carbocycles. The van der Waals surface area contributed by atoms with Crippen molar-refractivity contribution in [1.82, 2.24) is 0 Å². The van der Waals surface area contributed by atoms with E-state index in [1.165, 1.54) is 0 Å². The zero-order valence-corrected chi connectivity index (χ0v) is 15.6. The first-order valence-electron chi connectivity index (χ1n) is 5.97. The topological polar surface area (TPSA) is 27.7 Å². The predicted molar refractivity (Wildman–Crippen MR) is 71.0 cm³/mol. The van der Waals surface area contributed by atoms with Crippen LogP contribution in [-0.2, 0) is 14.2 Å². The third kappa shape index (κ3) is 10.3. The molecule has 0 aromatic rings. The van der Waals surface area contributed by atoms with Crippen LogP contribution in [0.3, 0.4) is 0 Å². The molecule has 0 rings (SSSR count). The molecule has 3 radical (unpaired) electrons. The minimum absolute atomic E-state index is 0.306. The molecule has 3 nitrogen and oxygen atoms in total. The molecule has 0 aromatic heterocycles. The van der Waals surface area contributed by atoms with Gasteiger partial charge in [-0.3, -0.25) is 0 Å². The van der Waals surface area contributed by atoms with Crippen molar-refractivity contribution < 1.29 is 14.2 Å². The van der Waals surface area contributed by atoms with Crippen LogP contribution in [0, 0.1) is 0 Å². The van der Waals surface area contributed by atoms with Crippen molar-refractivity contribution in [3.8, 4) is 0 Å². The van der Waals surface area contributed by atoms with Crippen LogP contribution in [0.15, 0.2) is 0 Å². The van der Waals surface area contributed by atoms with Crippen LogP contribution >= 0.6 is 0 Å². The first kappa shape index (κ1) is 17.7. The van der Waals surface area contributed by atoms with E-state index >= 15 is 0 Å². The van der Waals surface area contributed by atoms with Crippen LogP contribution in [0.2, 0.25) is 0 Å². The summed E-state index contributed by atoms with van der Waals surface area (Å²) in [5, 5.41) is 0. The molecule has 0 saturated heterocycles. The van der Waals surface area contributed by atoms with Gasteiger partial charge in [0, 0.05) is 0 Å². The zero-order chi connectivity index (χ0) is 14.1. The Labute approximate surface area is 120 Å². The molecule has 0 aliphatic carbocycles. The van der Waals surface area contributed by atoms with Gasteiger partial charge in [-0.2, -0.15) is 0 Å². The molecule has 0 atom stereocenters. The fourth-order valence-electron chi connectivity index (χ4n) is 1.27. The molecule has 101 valence electrons. The van der Waals surface area contributed by atoms with Gasteiger partial charge in [-0.1, -0.05) is 0 Å². The Morgan fingerprint density at radius 1 is 0.529 bits per heavy atom. The second kappa shape index (κ2) is 5.35. The third-order valence-corrected chi connectivity index (χ3v) is 2.20. The summed E-state index contributed by atoms with van der Waals surface area (Å²) in [6.07, 6.45) is 0. The van der Waals surface area contributed by atoms with E-state index in [2.05, 4.69) is 0 Å². The first-order valence-corrected chi connectivity index (χ1v) is 7.40. The molecule has 0 fully saturated rings. The second-order valence-corrected chi connectivity index (χ2v) is 8.95. The summed E-state index contributed by atoms with van der Waals surface area (Å²) in [6, 6.07) is 0. The molecule has 4 heteroatoms. The molecule has 0 heterocycles. The van der Waals surface area contributed by atoms with Crippen molar-refractivity contribution >= 4 is 22.5 Å². The molecule has 0 aliphatic rings. The molecule has 17 heavy (non-hydrogen) atoms. The van der Waals surface area contributed by atoms with E-state index in [4.69, 9.17) is 14.2 Å². The van der Waals surface area contributed by atoms with Gasteiger partial charge in [0.15, 0.2) is 0 Å². The van der Waals surface area contributed by atoms with Gasteiger partial charge in [-0.15, -0.1) is 0 Å². The van der Waals surface area contributed by atoms with Gasteiger partial charge in [-0.25, -0.2) is 0 Å². The van der Waals surface area contributed by atoms with Crippen molar-refractivity contribution in [3.05, 3.63) is 0 Å². The average Bonchev–Trinajstić information content (AvgIpc) is 1.65.